The van der Waals surface area contributed by atoms with E-state index in [1.54, 1.807) is 30.3 Å². The van der Waals surface area contributed by atoms with Gasteiger partial charge < -0.3 is 33.2 Å². The molecule has 0 saturated carbocycles. The van der Waals surface area contributed by atoms with Crippen LogP contribution in [-0.4, -0.2) is 73.8 Å². The molecule has 0 N–H and O–H groups in total. The van der Waals surface area contributed by atoms with Crippen LogP contribution in [-0.2, 0) is 52.4 Å². The van der Waals surface area contributed by atoms with Gasteiger partial charge in [0.15, 0.2) is 18.8 Å². The summed E-state index contributed by atoms with van der Waals surface area (Å²) in [5.74, 6) is -3.57. The van der Waals surface area contributed by atoms with Crippen molar-refractivity contribution >= 4 is 29.8 Å². The van der Waals surface area contributed by atoms with Gasteiger partial charge in [0.25, 0.3) is 0 Å². The van der Waals surface area contributed by atoms with Crippen molar-refractivity contribution in [1.82, 2.24) is 0 Å². The van der Waals surface area contributed by atoms with E-state index in [0.29, 0.717) is 5.75 Å². The van der Waals surface area contributed by atoms with Crippen molar-refractivity contribution in [2.75, 3.05) is 13.2 Å². The Kier molecular flexibility index (Phi) is 9.80. The Bertz CT molecular complexity index is 883. The highest BCUT2D eigenvalue weighted by atomic mass is 16.7. The zero-order chi connectivity index (χ0) is 25.3. The number of carbonyl (C=O) groups excluding carboxylic acids is 5. The molecule has 12 heteroatoms. The van der Waals surface area contributed by atoms with Gasteiger partial charge in [0.2, 0.25) is 12.4 Å². The molecule has 186 valence electrons. The van der Waals surface area contributed by atoms with Crippen LogP contribution in [0.2, 0.25) is 0 Å². The van der Waals surface area contributed by atoms with Crippen molar-refractivity contribution in [1.29, 1.82) is 0 Å². The molecule has 0 bridgehead atoms. The summed E-state index contributed by atoms with van der Waals surface area (Å²) in [7, 11) is 0. The van der Waals surface area contributed by atoms with E-state index in [1.165, 1.54) is 0 Å². The number of hydrogen-bond donors (Lipinski definition) is 0. The second kappa shape index (κ2) is 12.5. The highest BCUT2D eigenvalue weighted by Crippen LogP contribution is 2.30. The molecule has 0 aromatic heterocycles. The molecule has 1 saturated heterocycles. The van der Waals surface area contributed by atoms with Crippen molar-refractivity contribution in [3.05, 3.63) is 30.3 Å². The molecular formula is C22H26O12. The van der Waals surface area contributed by atoms with E-state index >= 15 is 0 Å². The molecule has 1 heterocycles. The van der Waals surface area contributed by atoms with Crippen molar-refractivity contribution in [2.45, 2.75) is 58.4 Å². The number of para-hydroxylation sites is 1. The van der Waals surface area contributed by atoms with Crippen LogP contribution in [0.3, 0.4) is 0 Å². The van der Waals surface area contributed by atoms with Crippen molar-refractivity contribution in [2.24, 2.45) is 0 Å². The number of benzene rings is 1. The molecule has 1 aromatic rings. The molecule has 12 nitrogen and oxygen atoms in total. The van der Waals surface area contributed by atoms with Gasteiger partial charge >= 0.3 is 29.8 Å². The van der Waals surface area contributed by atoms with E-state index < -0.39 is 73.8 Å². The normalized spacial score (nSPS) is 23.7. The van der Waals surface area contributed by atoms with E-state index in [4.69, 9.17) is 33.2 Å². The fourth-order valence-corrected chi connectivity index (χ4v) is 3.10. The third kappa shape index (κ3) is 8.35. The number of ether oxygens (including phenoxy) is 7. The van der Waals surface area contributed by atoms with E-state index in [1.807, 2.05) is 0 Å². The van der Waals surface area contributed by atoms with Gasteiger partial charge in [-0.25, -0.2) is 4.79 Å². The molecule has 34 heavy (non-hydrogen) atoms. The lowest BCUT2D eigenvalue weighted by molar-refractivity contribution is -0.300. The van der Waals surface area contributed by atoms with Gasteiger partial charge in [0.05, 0.1) is 0 Å². The predicted molar refractivity (Wildman–Crippen MR) is 110 cm³/mol. The number of rotatable bonds is 9. The Morgan fingerprint density at radius 3 is 1.88 bits per heavy atom. The molecule has 0 amide bonds. The Morgan fingerprint density at radius 1 is 0.735 bits per heavy atom. The molecule has 1 fully saturated rings. The largest absolute Gasteiger partial charge is 0.482 e. The molecule has 1 aliphatic heterocycles. The van der Waals surface area contributed by atoms with Gasteiger partial charge in [-0.3, -0.25) is 19.2 Å². The SMILES string of the molecule is CC(=O)OC[C@@H]1O[C@H](OC(C)=O)[C@@H](OC(C)=O)[C@@H](OC(=O)COc2ccccc2)[C@@H]1OC(C)=O. The molecule has 2 rings (SSSR count). The summed E-state index contributed by atoms with van der Waals surface area (Å²) in [5.41, 5.74) is 0. The van der Waals surface area contributed by atoms with Gasteiger partial charge in [-0.05, 0) is 12.1 Å². The zero-order valence-electron chi connectivity index (χ0n) is 19.1. The predicted octanol–water partition coefficient (Wildman–Crippen LogP) is 0.692. The monoisotopic (exact) mass is 482 g/mol. The summed E-state index contributed by atoms with van der Waals surface area (Å²) in [6, 6.07) is 8.42. The van der Waals surface area contributed by atoms with Crippen LogP contribution in [0.4, 0.5) is 0 Å². The fraction of sp³-hybridized carbons (Fsp3) is 0.500. The standard InChI is InChI=1S/C22H26O12/c1-12(23)28-10-17-19(30-13(2)24)20(21(31-14(3)25)22(33-17)32-15(4)26)34-18(27)11-29-16-8-6-5-7-9-16/h5-9,17,19-22H,10-11H2,1-4H3/t17-,19+,20-,21-,22-/m0/s1. The van der Waals surface area contributed by atoms with E-state index in [2.05, 4.69) is 0 Å². The Hall–Kier alpha value is -3.67. The summed E-state index contributed by atoms with van der Waals surface area (Å²) in [6.45, 7) is 3.43. The van der Waals surface area contributed by atoms with Crippen molar-refractivity contribution < 1.29 is 57.1 Å². The Balaban J connectivity index is 2.33. The molecule has 0 radical (unpaired) electrons. The topological polar surface area (TPSA) is 150 Å². The van der Waals surface area contributed by atoms with Crippen molar-refractivity contribution in [3.8, 4) is 5.75 Å². The zero-order valence-corrected chi connectivity index (χ0v) is 19.1. The maximum Gasteiger partial charge on any atom is 0.344 e. The van der Waals surface area contributed by atoms with E-state index in [0.717, 1.165) is 27.7 Å². The van der Waals surface area contributed by atoms with Gasteiger partial charge in [-0.2, -0.15) is 0 Å². The first-order chi connectivity index (χ1) is 16.1. The highest BCUT2D eigenvalue weighted by Gasteiger charge is 2.53. The number of carbonyl (C=O) groups is 5. The maximum atomic E-state index is 12.6. The van der Waals surface area contributed by atoms with Crippen LogP contribution < -0.4 is 4.74 Å². The molecule has 0 spiro atoms. The average Bonchev–Trinajstić information content (AvgIpc) is 2.74. The molecule has 1 aromatic carbocycles. The third-order valence-electron chi connectivity index (χ3n) is 4.30. The lowest BCUT2D eigenvalue weighted by atomic mass is 9.98. The Morgan fingerprint density at radius 2 is 1.32 bits per heavy atom. The first-order valence-electron chi connectivity index (χ1n) is 10.2. The number of esters is 5. The van der Waals surface area contributed by atoms with Crippen molar-refractivity contribution in [3.63, 3.8) is 0 Å². The van der Waals surface area contributed by atoms with Crippen LogP contribution in [0, 0.1) is 0 Å². The molecule has 0 unspecified atom stereocenters. The van der Waals surface area contributed by atoms with E-state index in [9.17, 15) is 24.0 Å². The minimum Gasteiger partial charge on any atom is -0.482 e. The average molecular weight is 482 g/mol. The smallest absolute Gasteiger partial charge is 0.344 e. The Labute approximate surface area is 195 Å². The second-order valence-electron chi connectivity index (χ2n) is 7.16. The van der Waals surface area contributed by atoms with Crippen LogP contribution >= 0.6 is 0 Å². The molecular weight excluding hydrogens is 456 g/mol. The third-order valence-corrected chi connectivity index (χ3v) is 4.30. The summed E-state index contributed by atoms with van der Waals surface area (Å²) in [4.78, 5) is 59.1. The first-order valence-corrected chi connectivity index (χ1v) is 10.2. The molecule has 1 aliphatic rings. The van der Waals surface area contributed by atoms with Gasteiger partial charge in [-0.1, -0.05) is 18.2 Å². The van der Waals surface area contributed by atoms with Crippen LogP contribution in [0.15, 0.2) is 30.3 Å². The highest BCUT2D eigenvalue weighted by molar-refractivity contribution is 5.72. The summed E-state index contributed by atoms with van der Waals surface area (Å²) < 4.78 is 37.0. The maximum absolute atomic E-state index is 12.6. The summed E-state index contributed by atoms with van der Waals surface area (Å²) >= 11 is 0. The van der Waals surface area contributed by atoms with Crippen LogP contribution in [0.25, 0.3) is 0 Å². The van der Waals surface area contributed by atoms with Gasteiger partial charge in [0, 0.05) is 27.7 Å². The minimum absolute atomic E-state index is 0.394. The molecule has 5 atom stereocenters. The van der Waals surface area contributed by atoms with Gasteiger partial charge in [-0.15, -0.1) is 0 Å². The van der Waals surface area contributed by atoms with Crippen LogP contribution in [0.5, 0.6) is 5.75 Å². The van der Waals surface area contributed by atoms with Gasteiger partial charge in [0.1, 0.15) is 18.5 Å². The number of hydrogen-bond acceptors (Lipinski definition) is 12. The van der Waals surface area contributed by atoms with Crippen LogP contribution in [0.1, 0.15) is 27.7 Å². The lowest BCUT2D eigenvalue weighted by Crippen LogP contribution is -2.63. The molecule has 0 aliphatic carbocycles. The van der Waals surface area contributed by atoms with E-state index in [-0.39, 0.29) is 0 Å². The fourth-order valence-electron chi connectivity index (χ4n) is 3.10. The lowest BCUT2D eigenvalue weighted by Gasteiger charge is -2.43. The first kappa shape index (κ1) is 26.6. The minimum atomic E-state index is -1.55. The second-order valence-corrected chi connectivity index (χ2v) is 7.16. The summed E-state index contributed by atoms with van der Waals surface area (Å²) in [6.07, 6.45) is -7.15. The summed E-state index contributed by atoms with van der Waals surface area (Å²) in [5, 5.41) is 0. The quantitative estimate of drug-likeness (QED) is 0.360.